The van der Waals surface area contributed by atoms with E-state index >= 15 is 0 Å². The zero-order valence-corrected chi connectivity index (χ0v) is 15.0. The molecule has 6 nitrogen and oxygen atoms in total. The lowest BCUT2D eigenvalue weighted by atomic mass is 9.93. The fraction of sp³-hybridized carbons (Fsp3) is 0.167. The van der Waals surface area contributed by atoms with E-state index in [1.807, 2.05) is 0 Å². The summed E-state index contributed by atoms with van der Waals surface area (Å²) in [5.74, 6) is 0.174. The van der Waals surface area contributed by atoms with Crippen molar-refractivity contribution in [2.24, 2.45) is 0 Å². The summed E-state index contributed by atoms with van der Waals surface area (Å²) < 4.78 is 15.7. The van der Waals surface area contributed by atoms with Gasteiger partial charge in [-0.25, -0.2) is 0 Å². The van der Waals surface area contributed by atoms with Gasteiger partial charge < -0.3 is 24.0 Å². The van der Waals surface area contributed by atoms with Crippen molar-refractivity contribution in [3.8, 4) is 5.75 Å². The highest BCUT2D eigenvalue weighted by Crippen LogP contribution is 2.30. The molecule has 2 heterocycles. The van der Waals surface area contributed by atoms with Gasteiger partial charge in [-0.1, -0.05) is 23.2 Å². The van der Waals surface area contributed by atoms with Gasteiger partial charge in [-0.15, -0.1) is 0 Å². The maximum Gasteiger partial charge on any atom is 0.258 e. The van der Waals surface area contributed by atoms with Crippen LogP contribution in [0.15, 0.2) is 64.0 Å². The molecule has 0 fully saturated rings. The van der Waals surface area contributed by atoms with Gasteiger partial charge in [-0.05, 0) is 36.4 Å². The fourth-order valence-electron chi connectivity index (χ4n) is 2.36. The Morgan fingerprint density at radius 1 is 1.23 bits per heavy atom. The van der Waals surface area contributed by atoms with E-state index in [1.54, 1.807) is 30.3 Å². The molecule has 0 saturated heterocycles. The van der Waals surface area contributed by atoms with Crippen LogP contribution in [0.3, 0.4) is 0 Å². The topological polar surface area (TPSA) is 84.8 Å². The van der Waals surface area contributed by atoms with E-state index in [-0.39, 0.29) is 18.9 Å². The summed E-state index contributed by atoms with van der Waals surface area (Å²) in [5, 5.41) is 14.4. The van der Waals surface area contributed by atoms with Crippen molar-refractivity contribution >= 4 is 29.1 Å². The fourth-order valence-corrected chi connectivity index (χ4v) is 2.82. The molecule has 2 N–H and O–H groups in total. The van der Waals surface area contributed by atoms with E-state index < -0.39 is 11.5 Å². The summed E-state index contributed by atoms with van der Waals surface area (Å²) in [7, 11) is 0. The van der Waals surface area contributed by atoms with Crippen molar-refractivity contribution in [2.75, 3.05) is 13.2 Å². The molecule has 136 valence electrons. The van der Waals surface area contributed by atoms with E-state index in [4.69, 9.17) is 36.8 Å². The third kappa shape index (κ3) is 4.04. The number of hydrogen-bond acceptors (Lipinski definition) is 5. The Morgan fingerprint density at radius 2 is 2.08 bits per heavy atom. The van der Waals surface area contributed by atoms with Crippen LogP contribution < -0.4 is 10.1 Å². The number of carbonyl (C=O) groups is 1. The molecule has 3 aromatic rings. The molecular formula is C18H15Cl2NO5. The Morgan fingerprint density at radius 3 is 2.73 bits per heavy atom. The smallest absolute Gasteiger partial charge is 0.258 e. The second kappa shape index (κ2) is 7.86. The monoisotopic (exact) mass is 395 g/mol. The third-order valence-electron chi connectivity index (χ3n) is 3.72. The number of ether oxygens (including phenoxy) is 1. The van der Waals surface area contributed by atoms with Gasteiger partial charge in [0, 0.05) is 10.6 Å². The highest BCUT2D eigenvalue weighted by molar-refractivity contribution is 6.35. The summed E-state index contributed by atoms with van der Waals surface area (Å²) in [4.78, 5) is 12.1. The zero-order chi connectivity index (χ0) is 18.6. The molecule has 1 aromatic carbocycles. The van der Waals surface area contributed by atoms with E-state index in [2.05, 4.69) is 5.32 Å². The van der Waals surface area contributed by atoms with Crippen molar-refractivity contribution in [3.05, 3.63) is 76.6 Å². The molecule has 0 aliphatic rings. The van der Waals surface area contributed by atoms with Crippen LogP contribution in [0.1, 0.15) is 11.3 Å². The number of hydrogen-bond donors (Lipinski definition) is 2. The molecule has 0 bridgehead atoms. The van der Waals surface area contributed by atoms with Crippen LogP contribution in [0.5, 0.6) is 5.75 Å². The SMILES string of the molecule is O=C(COc1ccc(Cl)cc1Cl)NC[C@@](O)(c1ccoc1)c1ccco1. The highest BCUT2D eigenvalue weighted by Gasteiger charge is 2.36. The van der Waals surface area contributed by atoms with E-state index in [9.17, 15) is 9.90 Å². The number of furan rings is 2. The van der Waals surface area contributed by atoms with Crippen molar-refractivity contribution in [1.82, 2.24) is 5.32 Å². The van der Waals surface area contributed by atoms with Gasteiger partial charge in [0.2, 0.25) is 0 Å². The number of benzene rings is 1. The number of carbonyl (C=O) groups excluding carboxylic acids is 1. The summed E-state index contributed by atoms with van der Waals surface area (Å²) in [5.41, 5.74) is -1.11. The lowest BCUT2D eigenvalue weighted by Gasteiger charge is -2.25. The van der Waals surface area contributed by atoms with Gasteiger partial charge in [0.25, 0.3) is 5.91 Å². The Kier molecular flexibility index (Phi) is 5.56. The lowest BCUT2D eigenvalue weighted by Crippen LogP contribution is -2.42. The molecule has 0 saturated carbocycles. The molecule has 1 amide bonds. The third-order valence-corrected chi connectivity index (χ3v) is 4.25. The Bertz CT molecular complexity index is 828. The van der Waals surface area contributed by atoms with Gasteiger partial charge in [0.15, 0.2) is 12.2 Å². The molecule has 0 aliphatic carbocycles. The Balaban J connectivity index is 1.63. The van der Waals surface area contributed by atoms with Crippen molar-refractivity contribution < 1.29 is 23.5 Å². The van der Waals surface area contributed by atoms with Crippen molar-refractivity contribution in [3.63, 3.8) is 0 Å². The largest absolute Gasteiger partial charge is 0.482 e. The average Bonchev–Trinajstić information content (AvgIpc) is 3.32. The molecule has 8 heteroatoms. The van der Waals surface area contributed by atoms with Crippen molar-refractivity contribution in [2.45, 2.75) is 5.60 Å². The Labute approximate surface area is 159 Å². The molecule has 26 heavy (non-hydrogen) atoms. The molecule has 3 rings (SSSR count). The summed E-state index contributed by atoms with van der Waals surface area (Å²) in [6, 6.07) is 9.55. The zero-order valence-electron chi connectivity index (χ0n) is 13.4. The maximum atomic E-state index is 12.1. The average molecular weight is 396 g/mol. The minimum Gasteiger partial charge on any atom is -0.482 e. The number of rotatable bonds is 7. The van der Waals surface area contributed by atoms with Crippen LogP contribution in [0.4, 0.5) is 0 Å². The Hall–Kier alpha value is -2.41. The van der Waals surface area contributed by atoms with Gasteiger partial charge in [-0.3, -0.25) is 4.79 Å². The number of aliphatic hydroxyl groups is 1. The number of amides is 1. The van der Waals surface area contributed by atoms with Gasteiger partial charge >= 0.3 is 0 Å². The molecule has 0 radical (unpaired) electrons. The number of halogens is 2. The van der Waals surface area contributed by atoms with Crippen LogP contribution in [0, 0.1) is 0 Å². The quantitative estimate of drug-likeness (QED) is 0.638. The van der Waals surface area contributed by atoms with E-state index in [1.165, 1.54) is 24.9 Å². The van der Waals surface area contributed by atoms with Gasteiger partial charge in [0.05, 0.1) is 30.4 Å². The second-order valence-corrected chi connectivity index (χ2v) is 6.33. The first-order valence-electron chi connectivity index (χ1n) is 7.62. The van der Waals surface area contributed by atoms with Gasteiger partial charge in [-0.2, -0.15) is 0 Å². The number of nitrogens with one attached hydrogen (secondary N) is 1. The van der Waals surface area contributed by atoms with Crippen LogP contribution in [0.25, 0.3) is 0 Å². The predicted octanol–water partition coefficient (Wildman–Crippen LogP) is 3.61. The molecular weight excluding hydrogens is 381 g/mol. The highest BCUT2D eigenvalue weighted by atomic mass is 35.5. The minimum absolute atomic E-state index is 0.128. The van der Waals surface area contributed by atoms with E-state index in [0.29, 0.717) is 21.4 Å². The lowest BCUT2D eigenvalue weighted by molar-refractivity contribution is -0.124. The van der Waals surface area contributed by atoms with Crippen LogP contribution in [-0.4, -0.2) is 24.2 Å². The maximum absolute atomic E-state index is 12.1. The summed E-state index contributed by atoms with van der Waals surface area (Å²) in [6.07, 6.45) is 4.25. The standard InChI is InChI=1S/C18H15Cl2NO5/c19-13-3-4-15(14(20)8-13)26-10-17(22)21-11-18(23,12-5-7-24-9-12)16-2-1-6-25-16/h1-9,23H,10-11H2,(H,21,22)/t18-/m1/s1. The second-order valence-electron chi connectivity index (χ2n) is 5.49. The normalized spacial score (nSPS) is 13.2. The summed E-state index contributed by atoms with van der Waals surface area (Å²) >= 11 is 11.8. The first kappa shape index (κ1) is 18.4. The molecule has 0 aliphatic heterocycles. The molecule has 2 aromatic heterocycles. The van der Waals surface area contributed by atoms with Gasteiger partial charge in [0.1, 0.15) is 11.5 Å². The van der Waals surface area contributed by atoms with E-state index in [0.717, 1.165) is 0 Å². The first-order valence-corrected chi connectivity index (χ1v) is 8.38. The van der Waals surface area contributed by atoms with Crippen LogP contribution in [-0.2, 0) is 10.4 Å². The summed E-state index contributed by atoms with van der Waals surface area (Å²) in [6.45, 7) is -0.405. The minimum atomic E-state index is -1.57. The molecule has 0 unspecified atom stereocenters. The van der Waals surface area contributed by atoms with Crippen LogP contribution in [0.2, 0.25) is 10.0 Å². The van der Waals surface area contributed by atoms with Crippen LogP contribution >= 0.6 is 23.2 Å². The predicted molar refractivity (Wildman–Crippen MR) is 95.4 cm³/mol. The first-order chi connectivity index (χ1) is 12.5. The van der Waals surface area contributed by atoms with Crippen molar-refractivity contribution in [1.29, 1.82) is 0 Å². The molecule has 1 atom stereocenters. The molecule has 0 spiro atoms.